The fraction of sp³-hybridized carbons (Fsp3) is 0.286. The summed E-state index contributed by atoms with van der Waals surface area (Å²) in [6.45, 7) is 6.01. The van der Waals surface area contributed by atoms with Crippen LogP contribution in [0.2, 0.25) is 0 Å². The highest BCUT2D eigenvalue weighted by Crippen LogP contribution is 2.17. The third-order valence-corrected chi connectivity index (χ3v) is 3.06. The number of H-pyrrole nitrogens is 1. The third-order valence-electron chi connectivity index (χ3n) is 3.06. The maximum Gasteiger partial charge on any atom is 0.259 e. The zero-order valence-corrected chi connectivity index (χ0v) is 10.9. The molecule has 0 spiro atoms. The first-order valence-electron chi connectivity index (χ1n) is 6.02. The molecule has 18 heavy (non-hydrogen) atoms. The minimum Gasteiger partial charge on any atom is -0.322 e. The smallest absolute Gasteiger partial charge is 0.259 e. The van der Waals surface area contributed by atoms with Crippen LogP contribution in [0.25, 0.3) is 0 Å². The van der Waals surface area contributed by atoms with Gasteiger partial charge >= 0.3 is 0 Å². The Kier molecular flexibility index (Phi) is 3.46. The first-order valence-corrected chi connectivity index (χ1v) is 6.02. The van der Waals surface area contributed by atoms with E-state index in [1.165, 1.54) is 11.1 Å². The van der Waals surface area contributed by atoms with Gasteiger partial charge in [-0.3, -0.25) is 9.89 Å². The van der Waals surface area contributed by atoms with Crippen LogP contribution in [0, 0.1) is 13.8 Å². The van der Waals surface area contributed by atoms with Gasteiger partial charge in [0.15, 0.2) is 0 Å². The number of nitrogens with zero attached hydrogens (tertiary/aromatic N) is 1. The molecule has 1 heterocycles. The second kappa shape index (κ2) is 5.04. The van der Waals surface area contributed by atoms with Crippen molar-refractivity contribution in [1.82, 2.24) is 10.2 Å². The van der Waals surface area contributed by atoms with E-state index < -0.39 is 0 Å². The van der Waals surface area contributed by atoms with Crippen LogP contribution in [-0.4, -0.2) is 16.1 Å². The molecule has 0 fully saturated rings. The van der Waals surface area contributed by atoms with E-state index in [1.54, 1.807) is 6.20 Å². The lowest BCUT2D eigenvalue weighted by molar-refractivity contribution is 0.102. The minimum atomic E-state index is -0.132. The van der Waals surface area contributed by atoms with Crippen molar-refractivity contribution in [3.8, 4) is 0 Å². The lowest BCUT2D eigenvalue weighted by Crippen LogP contribution is -2.12. The summed E-state index contributed by atoms with van der Waals surface area (Å²) in [5.74, 6) is -0.132. The molecule has 1 amide bonds. The van der Waals surface area contributed by atoms with E-state index in [0.717, 1.165) is 17.8 Å². The van der Waals surface area contributed by atoms with Gasteiger partial charge in [0.25, 0.3) is 5.91 Å². The Morgan fingerprint density at radius 3 is 2.78 bits per heavy atom. The Balaban J connectivity index is 2.20. The number of aryl methyl sites for hydroxylation is 3. The summed E-state index contributed by atoms with van der Waals surface area (Å²) in [6.07, 6.45) is 2.50. The highest BCUT2D eigenvalue weighted by Gasteiger charge is 2.11. The number of aromatic nitrogens is 2. The van der Waals surface area contributed by atoms with Gasteiger partial charge in [0, 0.05) is 11.4 Å². The Morgan fingerprint density at radius 2 is 2.17 bits per heavy atom. The zero-order chi connectivity index (χ0) is 13.1. The molecule has 0 atom stereocenters. The van der Waals surface area contributed by atoms with Gasteiger partial charge in [-0.25, -0.2) is 0 Å². The van der Waals surface area contributed by atoms with E-state index in [2.05, 4.69) is 29.4 Å². The average molecular weight is 243 g/mol. The molecule has 0 bridgehead atoms. The van der Waals surface area contributed by atoms with E-state index in [0.29, 0.717) is 5.56 Å². The molecule has 2 N–H and O–H groups in total. The van der Waals surface area contributed by atoms with Crippen LogP contribution in [-0.2, 0) is 6.42 Å². The predicted molar refractivity (Wildman–Crippen MR) is 71.8 cm³/mol. The highest BCUT2D eigenvalue weighted by molar-refractivity contribution is 6.04. The third kappa shape index (κ3) is 2.42. The summed E-state index contributed by atoms with van der Waals surface area (Å²) in [7, 11) is 0. The van der Waals surface area contributed by atoms with Gasteiger partial charge in [-0.15, -0.1) is 0 Å². The normalized spacial score (nSPS) is 10.4. The van der Waals surface area contributed by atoms with Crippen molar-refractivity contribution in [2.24, 2.45) is 0 Å². The molecule has 4 nitrogen and oxygen atoms in total. The largest absolute Gasteiger partial charge is 0.322 e. The monoisotopic (exact) mass is 243 g/mol. The van der Waals surface area contributed by atoms with Crippen molar-refractivity contribution in [2.45, 2.75) is 27.2 Å². The summed E-state index contributed by atoms with van der Waals surface area (Å²) in [5, 5.41) is 9.49. The number of hydrogen-bond donors (Lipinski definition) is 2. The van der Waals surface area contributed by atoms with Crippen molar-refractivity contribution >= 4 is 11.6 Å². The number of hydrogen-bond acceptors (Lipinski definition) is 2. The molecule has 94 valence electrons. The average Bonchev–Trinajstić information content (AvgIpc) is 2.78. The number of rotatable bonds is 3. The molecule has 0 saturated carbocycles. The quantitative estimate of drug-likeness (QED) is 0.870. The van der Waals surface area contributed by atoms with Gasteiger partial charge in [0.2, 0.25) is 0 Å². The van der Waals surface area contributed by atoms with Crippen molar-refractivity contribution in [1.29, 1.82) is 0 Å². The van der Waals surface area contributed by atoms with Crippen molar-refractivity contribution in [3.63, 3.8) is 0 Å². The van der Waals surface area contributed by atoms with Gasteiger partial charge in [-0.05, 0) is 43.5 Å². The second-order valence-corrected chi connectivity index (χ2v) is 4.36. The number of carbonyl (C=O) groups excluding carboxylic acids is 1. The number of aromatic amines is 1. The molecule has 0 aliphatic carbocycles. The molecule has 1 aromatic heterocycles. The predicted octanol–water partition coefficient (Wildman–Crippen LogP) is 2.84. The van der Waals surface area contributed by atoms with Crippen LogP contribution in [0.4, 0.5) is 5.69 Å². The molecule has 2 aromatic rings. The summed E-state index contributed by atoms with van der Waals surface area (Å²) in [5.41, 5.74) is 4.67. The summed E-state index contributed by atoms with van der Waals surface area (Å²) < 4.78 is 0. The van der Waals surface area contributed by atoms with Gasteiger partial charge in [0.05, 0.1) is 11.8 Å². The van der Waals surface area contributed by atoms with Gasteiger partial charge in [0.1, 0.15) is 0 Å². The first-order chi connectivity index (χ1) is 8.61. The number of benzene rings is 1. The summed E-state index contributed by atoms with van der Waals surface area (Å²) in [4.78, 5) is 12.0. The summed E-state index contributed by atoms with van der Waals surface area (Å²) >= 11 is 0. The van der Waals surface area contributed by atoms with Crippen LogP contribution in [0.15, 0.2) is 24.4 Å². The van der Waals surface area contributed by atoms with Gasteiger partial charge in [-0.2, -0.15) is 5.10 Å². The van der Waals surface area contributed by atoms with Crippen LogP contribution in [0.3, 0.4) is 0 Å². The Hall–Kier alpha value is -2.10. The van der Waals surface area contributed by atoms with Gasteiger partial charge in [-0.1, -0.05) is 13.0 Å². The second-order valence-electron chi connectivity index (χ2n) is 4.36. The van der Waals surface area contributed by atoms with E-state index in [1.807, 2.05) is 25.1 Å². The fourth-order valence-electron chi connectivity index (χ4n) is 1.91. The number of nitrogens with one attached hydrogen (secondary N) is 2. The molecule has 0 unspecified atom stereocenters. The maximum atomic E-state index is 12.0. The lowest BCUT2D eigenvalue weighted by Gasteiger charge is -2.08. The number of anilines is 1. The molecule has 2 rings (SSSR count). The molecular weight excluding hydrogens is 226 g/mol. The Labute approximate surface area is 106 Å². The van der Waals surface area contributed by atoms with Crippen molar-refractivity contribution < 1.29 is 4.79 Å². The lowest BCUT2D eigenvalue weighted by atomic mass is 10.1. The molecule has 4 heteroatoms. The topological polar surface area (TPSA) is 57.8 Å². The van der Waals surface area contributed by atoms with E-state index in [-0.39, 0.29) is 5.91 Å². The molecule has 0 aliphatic heterocycles. The maximum absolute atomic E-state index is 12.0. The molecular formula is C14H17N3O. The van der Waals surface area contributed by atoms with E-state index >= 15 is 0 Å². The SMILES string of the molecule is CCc1cc(NC(=O)c2cn[nH]c2C)ccc1C. The van der Waals surface area contributed by atoms with Crippen LogP contribution in [0.1, 0.15) is 34.1 Å². The van der Waals surface area contributed by atoms with Crippen molar-refractivity contribution in [2.75, 3.05) is 5.32 Å². The number of amides is 1. The summed E-state index contributed by atoms with van der Waals surface area (Å²) in [6, 6.07) is 5.96. The van der Waals surface area contributed by atoms with Gasteiger partial charge < -0.3 is 5.32 Å². The Bertz CT molecular complexity index is 572. The number of carbonyl (C=O) groups is 1. The standard InChI is InChI=1S/C14H17N3O/c1-4-11-7-12(6-5-9(11)2)16-14(18)13-8-15-17-10(13)3/h5-8H,4H2,1-3H3,(H,15,17)(H,16,18). The van der Waals surface area contributed by atoms with Crippen molar-refractivity contribution in [3.05, 3.63) is 46.8 Å². The Morgan fingerprint density at radius 1 is 1.39 bits per heavy atom. The first kappa shape index (κ1) is 12.4. The molecule has 1 aromatic carbocycles. The molecule has 0 radical (unpaired) electrons. The fourth-order valence-corrected chi connectivity index (χ4v) is 1.91. The molecule has 0 saturated heterocycles. The van der Waals surface area contributed by atoms with E-state index in [9.17, 15) is 4.79 Å². The van der Waals surface area contributed by atoms with Crippen LogP contribution in [0.5, 0.6) is 0 Å². The minimum absolute atomic E-state index is 0.132. The molecule has 0 aliphatic rings. The zero-order valence-electron chi connectivity index (χ0n) is 10.9. The highest BCUT2D eigenvalue weighted by atomic mass is 16.1. The van der Waals surface area contributed by atoms with Crippen LogP contribution < -0.4 is 5.32 Å². The van der Waals surface area contributed by atoms with Crippen LogP contribution >= 0.6 is 0 Å². The van der Waals surface area contributed by atoms with E-state index in [4.69, 9.17) is 0 Å².